The quantitative estimate of drug-likeness (QED) is 0.630. The van der Waals surface area contributed by atoms with Gasteiger partial charge in [-0.2, -0.15) is 0 Å². The van der Waals surface area contributed by atoms with Gasteiger partial charge in [0.15, 0.2) is 0 Å². The Hall–Kier alpha value is -1.34. The van der Waals surface area contributed by atoms with E-state index in [0.29, 0.717) is 5.92 Å². The number of rotatable bonds is 0. The van der Waals surface area contributed by atoms with Crippen LogP contribution in [0, 0.1) is 5.92 Å². The summed E-state index contributed by atoms with van der Waals surface area (Å²) in [4.78, 5) is 0. The Morgan fingerprint density at radius 3 is 3.00 bits per heavy atom. The minimum Gasteiger partial charge on any atom is -0.136 e. The summed E-state index contributed by atoms with van der Waals surface area (Å²) in [6, 6.07) is 8.63. The van der Waals surface area contributed by atoms with E-state index in [2.05, 4.69) is 55.5 Å². The summed E-state index contributed by atoms with van der Waals surface area (Å²) in [5.41, 5.74) is 0. The van der Waals surface area contributed by atoms with Gasteiger partial charge in [-0.25, -0.2) is 0 Å². The Balaban J connectivity index is 2.52. The van der Waals surface area contributed by atoms with Crippen LogP contribution in [0.3, 0.4) is 0 Å². The lowest BCUT2D eigenvalue weighted by atomic mass is 10.2. The molecule has 1 aliphatic carbocycles. The highest BCUT2D eigenvalue weighted by Gasteiger charge is 2.02. The molecule has 0 saturated carbocycles. The molecule has 0 N–H and O–H groups in total. The van der Waals surface area contributed by atoms with Gasteiger partial charge in [0.2, 0.25) is 0 Å². The highest BCUT2D eigenvalue weighted by atomic mass is 32.1. The fourth-order valence-corrected chi connectivity index (χ4v) is 3.24. The zero-order valence-corrected chi connectivity index (χ0v) is 9.42. The van der Waals surface area contributed by atoms with Crippen LogP contribution in [0.2, 0.25) is 0 Å². The van der Waals surface area contributed by atoms with Crippen molar-refractivity contribution in [3.63, 3.8) is 0 Å². The lowest BCUT2D eigenvalue weighted by Crippen LogP contribution is -2.17. The Morgan fingerprint density at radius 2 is 2.07 bits per heavy atom. The van der Waals surface area contributed by atoms with Gasteiger partial charge in [-0.1, -0.05) is 49.4 Å². The monoisotopic (exact) mass is 212 g/mol. The number of benzene rings is 1. The van der Waals surface area contributed by atoms with Gasteiger partial charge in [-0.3, -0.25) is 0 Å². The summed E-state index contributed by atoms with van der Waals surface area (Å²) in [7, 11) is 0. The first-order valence-electron chi connectivity index (χ1n) is 5.22. The predicted molar refractivity (Wildman–Crippen MR) is 68.3 cm³/mol. The Bertz CT molecular complexity index is 644. The fraction of sp³-hybridized carbons (Fsp3) is 0.143. The fourth-order valence-electron chi connectivity index (χ4n) is 2.00. The van der Waals surface area contributed by atoms with Crippen molar-refractivity contribution in [3.05, 3.63) is 46.2 Å². The van der Waals surface area contributed by atoms with E-state index in [-0.39, 0.29) is 0 Å². The number of fused-ring (bicyclic) bond motifs is 3. The highest BCUT2D eigenvalue weighted by Crippen LogP contribution is 2.13. The van der Waals surface area contributed by atoms with Crippen LogP contribution in [-0.2, 0) is 0 Å². The second-order valence-electron chi connectivity index (χ2n) is 3.95. The maximum absolute atomic E-state index is 2.35. The lowest BCUT2D eigenvalue weighted by molar-refractivity contribution is 1.00. The summed E-state index contributed by atoms with van der Waals surface area (Å²) in [6.45, 7) is 2.23. The highest BCUT2D eigenvalue weighted by molar-refractivity contribution is 7.17. The van der Waals surface area contributed by atoms with Crippen molar-refractivity contribution in [1.82, 2.24) is 0 Å². The smallest absolute Gasteiger partial charge is 0.0355 e. The molecule has 1 aromatic heterocycles. The molecule has 2 aromatic rings. The van der Waals surface area contributed by atoms with Crippen LogP contribution in [0.15, 0.2) is 36.4 Å². The third kappa shape index (κ3) is 1.44. The summed E-state index contributed by atoms with van der Waals surface area (Å²) < 4.78 is 2.80. The third-order valence-corrected chi connectivity index (χ3v) is 3.91. The summed E-state index contributed by atoms with van der Waals surface area (Å²) in [5, 5.41) is 2.77. The molecule has 1 heterocycles. The second kappa shape index (κ2) is 3.35. The van der Waals surface area contributed by atoms with E-state index >= 15 is 0 Å². The zero-order chi connectivity index (χ0) is 10.3. The van der Waals surface area contributed by atoms with Gasteiger partial charge >= 0.3 is 0 Å². The molecule has 0 aliphatic heterocycles. The molecule has 3 rings (SSSR count). The summed E-state index contributed by atoms with van der Waals surface area (Å²) in [5.74, 6) is 0.538. The molecule has 0 bridgehead atoms. The van der Waals surface area contributed by atoms with Crippen molar-refractivity contribution < 1.29 is 0 Å². The molecule has 0 fully saturated rings. The molecule has 74 valence electrons. The van der Waals surface area contributed by atoms with Crippen LogP contribution in [0.25, 0.3) is 22.2 Å². The topological polar surface area (TPSA) is 0 Å². The van der Waals surface area contributed by atoms with Crippen molar-refractivity contribution in [1.29, 1.82) is 0 Å². The summed E-state index contributed by atoms with van der Waals surface area (Å²) >= 11 is 1.89. The molecule has 0 radical (unpaired) electrons. The molecule has 0 nitrogen and oxygen atoms in total. The molecule has 1 aliphatic rings. The van der Waals surface area contributed by atoms with Crippen molar-refractivity contribution in [2.75, 3.05) is 0 Å². The molecule has 0 unspecified atom stereocenters. The van der Waals surface area contributed by atoms with Crippen LogP contribution < -0.4 is 9.75 Å². The number of hydrogen-bond acceptors (Lipinski definition) is 1. The van der Waals surface area contributed by atoms with E-state index < -0.39 is 0 Å². The molecule has 1 atom stereocenters. The van der Waals surface area contributed by atoms with Gasteiger partial charge in [0.05, 0.1) is 0 Å². The standard InChI is InChI=1S/C14H12S/c1-10-5-4-7-12-11-6-2-3-8-13(11)15-14(12)9-10/h2-10H,1H3/t10-/m1/s1. The van der Waals surface area contributed by atoms with Gasteiger partial charge in [0, 0.05) is 14.6 Å². The molecule has 0 saturated heterocycles. The van der Waals surface area contributed by atoms with Crippen LogP contribution in [-0.4, -0.2) is 0 Å². The first kappa shape index (κ1) is 8.93. The van der Waals surface area contributed by atoms with Crippen LogP contribution in [0.5, 0.6) is 0 Å². The molecular formula is C14H12S. The van der Waals surface area contributed by atoms with Gasteiger partial charge in [0.25, 0.3) is 0 Å². The van der Waals surface area contributed by atoms with Crippen molar-refractivity contribution in [2.45, 2.75) is 6.92 Å². The normalized spacial score (nSPS) is 19.1. The van der Waals surface area contributed by atoms with Gasteiger partial charge in [0.1, 0.15) is 0 Å². The lowest BCUT2D eigenvalue weighted by Gasteiger charge is -1.91. The minimum absolute atomic E-state index is 0.538. The zero-order valence-electron chi connectivity index (χ0n) is 8.60. The SMILES string of the molecule is C[C@@H]1C=CC=c2c(sc3ccccc23)=C1. The van der Waals surface area contributed by atoms with Crippen LogP contribution >= 0.6 is 11.3 Å². The average Bonchev–Trinajstić information content (AvgIpc) is 2.46. The van der Waals surface area contributed by atoms with Crippen LogP contribution in [0.4, 0.5) is 0 Å². The van der Waals surface area contributed by atoms with E-state index in [4.69, 9.17) is 0 Å². The molecule has 15 heavy (non-hydrogen) atoms. The Morgan fingerprint density at radius 1 is 1.20 bits per heavy atom. The van der Waals surface area contributed by atoms with E-state index in [1.54, 1.807) is 0 Å². The predicted octanol–water partition coefficient (Wildman–Crippen LogP) is 2.67. The second-order valence-corrected chi connectivity index (χ2v) is 5.04. The largest absolute Gasteiger partial charge is 0.136 e. The number of allylic oxidation sites excluding steroid dienone is 2. The van der Waals surface area contributed by atoms with E-state index in [1.165, 1.54) is 19.8 Å². The van der Waals surface area contributed by atoms with E-state index in [1.807, 2.05) is 11.3 Å². The van der Waals surface area contributed by atoms with Crippen molar-refractivity contribution in [2.24, 2.45) is 5.92 Å². The number of hydrogen-bond donors (Lipinski definition) is 0. The van der Waals surface area contributed by atoms with Crippen molar-refractivity contribution in [3.8, 4) is 0 Å². The van der Waals surface area contributed by atoms with Gasteiger partial charge in [-0.15, -0.1) is 11.3 Å². The maximum atomic E-state index is 2.35. The third-order valence-electron chi connectivity index (χ3n) is 2.75. The van der Waals surface area contributed by atoms with Gasteiger partial charge < -0.3 is 0 Å². The van der Waals surface area contributed by atoms with Crippen molar-refractivity contribution >= 4 is 33.6 Å². The molecule has 0 spiro atoms. The Kier molecular flexibility index (Phi) is 2.00. The molecule has 0 amide bonds. The Labute approximate surface area is 92.9 Å². The maximum Gasteiger partial charge on any atom is 0.0355 e. The minimum atomic E-state index is 0.538. The first-order chi connectivity index (χ1) is 7.34. The molecule has 1 heteroatoms. The molecule has 1 aromatic carbocycles. The van der Waals surface area contributed by atoms with Crippen LogP contribution in [0.1, 0.15) is 6.92 Å². The van der Waals surface area contributed by atoms with Gasteiger partial charge in [-0.05, 0) is 17.2 Å². The number of thiophene rings is 1. The molecular weight excluding hydrogens is 200 g/mol. The average molecular weight is 212 g/mol. The van der Waals surface area contributed by atoms with E-state index in [0.717, 1.165) is 0 Å². The summed E-state index contributed by atoms with van der Waals surface area (Å²) in [6.07, 6.45) is 8.99. The van der Waals surface area contributed by atoms with E-state index in [9.17, 15) is 0 Å². The first-order valence-corrected chi connectivity index (χ1v) is 6.04.